The predicted molar refractivity (Wildman–Crippen MR) is 87.4 cm³/mol. The summed E-state index contributed by atoms with van der Waals surface area (Å²) in [4.78, 5) is 14.9. The van der Waals surface area contributed by atoms with Crippen LogP contribution in [0.15, 0.2) is 60.8 Å². The Hall–Kier alpha value is -3.01. The van der Waals surface area contributed by atoms with Gasteiger partial charge in [0.15, 0.2) is 0 Å². The second-order valence-corrected chi connectivity index (χ2v) is 5.82. The normalized spacial score (nSPS) is 17.3. The van der Waals surface area contributed by atoms with Gasteiger partial charge in [-0.05, 0) is 35.9 Å². The molecule has 3 aromatic rings. The quantitative estimate of drug-likeness (QED) is 0.689. The first-order valence-corrected chi connectivity index (χ1v) is 7.58. The van der Waals surface area contributed by atoms with Gasteiger partial charge in [0.05, 0.1) is 24.2 Å². The Kier molecular flexibility index (Phi) is 2.32. The number of aromatic nitrogens is 1. The number of benzene rings is 2. The fourth-order valence-corrected chi connectivity index (χ4v) is 3.72. The van der Waals surface area contributed by atoms with Crippen molar-refractivity contribution in [3.8, 4) is 11.4 Å². The molecule has 0 fully saturated rings. The van der Waals surface area contributed by atoms with E-state index in [0.717, 1.165) is 33.9 Å². The van der Waals surface area contributed by atoms with Crippen molar-refractivity contribution in [1.82, 2.24) is 4.57 Å². The zero-order chi connectivity index (χ0) is 15.6. The van der Waals surface area contributed by atoms with Gasteiger partial charge in [-0.25, -0.2) is 0 Å². The lowest BCUT2D eigenvalue weighted by Gasteiger charge is -2.34. The molecule has 2 aliphatic heterocycles. The highest BCUT2D eigenvalue weighted by Gasteiger charge is 2.43. The third kappa shape index (κ3) is 1.47. The maximum absolute atomic E-state index is 13.0. The number of hydrogen-bond acceptors (Lipinski definition) is 2. The number of anilines is 1. The highest BCUT2D eigenvalue weighted by Crippen LogP contribution is 2.48. The zero-order valence-electron chi connectivity index (χ0n) is 12.6. The van der Waals surface area contributed by atoms with Gasteiger partial charge < -0.3 is 9.30 Å². The molecule has 4 nitrogen and oxygen atoms in total. The lowest BCUT2D eigenvalue weighted by molar-refractivity contribution is 0.0992. The third-order valence-corrected chi connectivity index (χ3v) is 4.72. The first-order valence-electron chi connectivity index (χ1n) is 7.58. The van der Waals surface area contributed by atoms with Crippen LogP contribution in [0.2, 0.25) is 0 Å². The van der Waals surface area contributed by atoms with Gasteiger partial charge in [0, 0.05) is 17.8 Å². The first kappa shape index (κ1) is 12.5. The standard InChI is InChI=1S/C19H14N2O2/c1-23-12-8-9-15-17(11-12)21-18(16-7-4-10-20(15)16)13-5-2-3-6-14(13)19(21)22/h2-11,18H,1H3/t18-/m0/s1. The van der Waals surface area contributed by atoms with Crippen LogP contribution in [0.5, 0.6) is 5.75 Å². The van der Waals surface area contributed by atoms with E-state index in [9.17, 15) is 4.79 Å². The summed E-state index contributed by atoms with van der Waals surface area (Å²) in [6.45, 7) is 0. The number of carbonyl (C=O) groups excluding carboxylic acids is 1. The Bertz CT molecular complexity index is 958. The number of amides is 1. The number of fused-ring (bicyclic) bond motifs is 8. The van der Waals surface area contributed by atoms with Gasteiger partial charge in [-0.3, -0.25) is 9.69 Å². The number of nitrogens with zero attached hydrogens (tertiary/aromatic N) is 2. The van der Waals surface area contributed by atoms with Crippen molar-refractivity contribution >= 4 is 11.6 Å². The van der Waals surface area contributed by atoms with E-state index in [4.69, 9.17) is 4.74 Å². The van der Waals surface area contributed by atoms with Gasteiger partial charge in [-0.1, -0.05) is 18.2 Å². The lowest BCUT2D eigenvalue weighted by Crippen LogP contribution is -2.33. The van der Waals surface area contributed by atoms with Crippen LogP contribution in [0.1, 0.15) is 27.7 Å². The topological polar surface area (TPSA) is 34.5 Å². The maximum Gasteiger partial charge on any atom is 0.259 e. The van der Waals surface area contributed by atoms with Gasteiger partial charge in [0.25, 0.3) is 5.91 Å². The average molecular weight is 302 g/mol. The first-order chi connectivity index (χ1) is 11.3. The van der Waals surface area contributed by atoms with Crippen LogP contribution in [0.3, 0.4) is 0 Å². The van der Waals surface area contributed by atoms with E-state index in [2.05, 4.69) is 10.6 Å². The lowest BCUT2D eigenvalue weighted by atomic mass is 10.0. The third-order valence-electron chi connectivity index (χ3n) is 4.72. The van der Waals surface area contributed by atoms with Crippen molar-refractivity contribution in [1.29, 1.82) is 0 Å². The molecule has 2 aliphatic rings. The summed E-state index contributed by atoms with van der Waals surface area (Å²) in [5, 5.41) is 0. The minimum atomic E-state index is -0.0756. The van der Waals surface area contributed by atoms with E-state index in [1.165, 1.54) is 0 Å². The Morgan fingerprint density at radius 3 is 2.74 bits per heavy atom. The van der Waals surface area contributed by atoms with Crippen LogP contribution >= 0.6 is 0 Å². The number of methoxy groups -OCH3 is 1. The minimum absolute atomic E-state index is 0.0487. The Balaban J connectivity index is 1.85. The molecule has 0 aliphatic carbocycles. The molecule has 112 valence electrons. The second-order valence-electron chi connectivity index (χ2n) is 5.82. The van der Waals surface area contributed by atoms with E-state index in [-0.39, 0.29) is 11.9 Å². The number of hydrogen-bond donors (Lipinski definition) is 0. The molecule has 5 rings (SSSR count). The highest BCUT2D eigenvalue weighted by atomic mass is 16.5. The molecule has 4 heteroatoms. The molecule has 0 spiro atoms. The number of ether oxygens (including phenoxy) is 1. The van der Waals surface area contributed by atoms with Gasteiger partial charge in [-0.15, -0.1) is 0 Å². The molecule has 23 heavy (non-hydrogen) atoms. The Morgan fingerprint density at radius 2 is 1.87 bits per heavy atom. The predicted octanol–water partition coefficient (Wildman–Crippen LogP) is 3.55. The summed E-state index contributed by atoms with van der Waals surface area (Å²) in [5.41, 5.74) is 4.84. The zero-order valence-corrected chi connectivity index (χ0v) is 12.6. The van der Waals surface area contributed by atoms with Crippen LogP contribution in [0, 0.1) is 0 Å². The van der Waals surface area contributed by atoms with Crippen molar-refractivity contribution in [2.45, 2.75) is 6.04 Å². The van der Waals surface area contributed by atoms with E-state index in [0.29, 0.717) is 0 Å². The molecule has 1 atom stereocenters. The van der Waals surface area contributed by atoms with E-state index in [1.54, 1.807) is 7.11 Å². The summed E-state index contributed by atoms with van der Waals surface area (Å²) in [6, 6.07) is 17.8. The van der Waals surface area contributed by atoms with Crippen LogP contribution in [-0.4, -0.2) is 17.6 Å². The summed E-state index contributed by atoms with van der Waals surface area (Å²) < 4.78 is 7.52. The Morgan fingerprint density at radius 1 is 1.00 bits per heavy atom. The minimum Gasteiger partial charge on any atom is -0.497 e. The smallest absolute Gasteiger partial charge is 0.259 e. The largest absolute Gasteiger partial charge is 0.497 e. The van der Waals surface area contributed by atoms with Gasteiger partial charge in [-0.2, -0.15) is 0 Å². The van der Waals surface area contributed by atoms with Crippen LogP contribution in [0.4, 0.5) is 5.69 Å². The SMILES string of the molecule is COc1ccc2c(c1)N1C(=O)c3ccccc3[C@H]1c1cccn1-2. The molecule has 1 aromatic heterocycles. The fourth-order valence-electron chi connectivity index (χ4n) is 3.72. The summed E-state index contributed by atoms with van der Waals surface area (Å²) in [6.07, 6.45) is 2.05. The molecule has 1 amide bonds. The molecule has 0 radical (unpaired) electrons. The van der Waals surface area contributed by atoms with Gasteiger partial charge in [0.2, 0.25) is 0 Å². The van der Waals surface area contributed by atoms with Crippen molar-refractivity contribution in [2.24, 2.45) is 0 Å². The Labute approximate surface area is 133 Å². The molecule has 2 aromatic carbocycles. The molecular formula is C19H14N2O2. The summed E-state index contributed by atoms with van der Waals surface area (Å²) in [7, 11) is 1.64. The van der Waals surface area contributed by atoms with Crippen molar-refractivity contribution in [3.05, 3.63) is 77.6 Å². The molecular weight excluding hydrogens is 288 g/mol. The number of rotatable bonds is 1. The van der Waals surface area contributed by atoms with Crippen molar-refractivity contribution < 1.29 is 9.53 Å². The summed E-state index contributed by atoms with van der Waals surface area (Å²) in [5.74, 6) is 0.800. The van der Waals surface area contributed by atoms with Gasteiger partial charge in [0.1, 0.15) is 11.8 Å². The van der Waals surface area contributed by atoms with Crippen LogP contribution < -0.4 is 9.64 Å². The highest BCUT2D eigenvalue weighted by molar-refractivity contribution is 6.13. The second kappa shape index (κ2) is 4.26. The van der Waals surface area contributed by atoms with E-state index < -0.39 is 0 Å². The van der Waals surface area contributed by atoms with Crippen molar-refractivity contribution in [2.75, 3.05) is 12.0 Å². The monoisotopic (exact) mass is 302 g/mol. The maximum atomic E-state index is 13.0. The van der Waals surface area contributed by atoms with E-state index >= 15 is 0 Å². The van der Waals surface area contributed by atoms with Crippen molar-refractivity contribution in [3.63, 3.8) is 0 Å². The van der Waals surface area contributed by atoms with E-state index in [1.807, 2.05) is 59.6 Å². The molecule has 0 saturated carbocycles. The molecule has 3 heterocycles. The molecule has 0 unspecified atom stereocenters. The molecule has 0 saturated heterocycles. The number of carbonyl (C=O) groups is 1. The molecule has 0 N–H and O–H groups in total. The summed E-state index contributed by atoms with van der Waals surface area (Å²) >= 11 is 0. The molecule has 0 bridgehead atoms. The van der Waals surface area contributed by atoms with Crippen LogP contribution in [0.25, 0.3) is 5.69 Å². The van der Waals surface area contributed by atoms with Crippen LogP contribution in [-0.2, 0) is 0 Å². The van der Waals surface area contributed by atoms with Gasteiger partial charge >= 0.3 is 0 Å². The average Bonchev–Trinajstić information content (AvgIpc) is 3.18. The fraction of sp³-hybridized carbons (Fsp3) is 0.105.